The van der Waals surface area contributed by atoms with Gasteiger partial charge in [0, 0.05) is 17.6 Å². The van der Waals surface area contributed by atoms with Crippen molar-refractivity contribution < 1.29 is 13.2 Å². The molecule has 2 bridgehead atoms. The number of halogens is 1. The highest BCUT2D eigenvalue weighted by Gasteiger charge is 2.40. The molecule has 0 aromatic heterocycles. The van der Waals surface area contributed by atoms with Gasteiger partial charge in [0.25, 0.3) is 0 Å². The molecule has 4 N–H and O–H groups in total. The molecule has 2 aliphatic rings. The Balaban J connectivity index is 0.00000261. The molecule has 0 spiro atoms. The van der Waals surface area contributed by atoms with E-state index >= 15 is 0 Å². The molecule has 2 fully saturated rings. The molecule has 0 heterocycles. The van der Waals surface area contributed by atoms with Crippen LogP contribution in [0.25, 0.3) is 0 Å². The second kappa shape index (κ2) is 9.26. The summed E-state index contributed by atoms with van der Waals surface area (Å²) in [5, 5.41) is 2.96. The van der Waals surface area contributed by atoms with Gasteiger partial charge in [-0.2, -0.15) is 0 Å². The van der Waals surface area contributed by atoms with E-state index in [4.69, 9.17) is 5.73 Å². The van der Waals surface area contributed by atoms with Crippen LogP contribution in [0.1, 0.15) is 45.4 Å². The minimum atomic E-state index is -3.34. The number of nitrogens with two attached hydrogens (primary N) is 1. The van der Waals surface area contributed by atoms with E-state index in [1.807, 2.05) is 6.92 Å². The predicted octanol–water partition coefficient (Wildman–Crippen LogP) is 3.35. The summed E-state index contributed by atoms with van der Waals surface area (Å²) in [7, 11) is -3.34. The fraction of sp³-hybridized carbons (Fsp3) is 0.632. The van der Waals surface area contributed by atoms with Crippen LogP contribution in [-0.4, -0.2) is 26.1 Å². The van der Waals surface area contributed by atoms with Gasteiger partial charge in [0.15, 0.2) is 0 Å². The molecule has 2 aliphatic carbocycles. The number of fused-ring (bicyclic) bond motifs is 2. The van der Waals surface area contributed by atoms with Gasteiger partial charge >= 0.3 is 0 Å². The number of carbonyl (C=O) groups excluding carboxylic acids is 1. The van der Waals surface area contributed by atoms with E-state index in [9.17, 15) is 13.2 Å². The Hall–Kier alpha value is -1.31. The first-order valence-corrected chi connectivity index (χ1v) is 11.2. The van der Waals surface area contributed by atoms with E-state index in [2.05, 4.69) is 10.0 Å². The van der Waals surface area contributed by atoms with Crippen molar-refractivity contribution in [3.63, 3.8) is 0 Å². The Labute approximate surface area is 168 Å². The second-order valence-electron chi connectivity index (χ2n) is 7.69. The number of rotatable bonds is 6. The monoisotopic (exact) mass is 415 g/mol. The Morgan fingerprint density at radius 2 is 1.81 bits per heavy atom. The smallest absolute Gasteiger partial charge is 0.232 e. The summed E-state index contributed by atoms with van der Waals surface area (Å²) in [4.78, 5) is 12.7. The average Bonchev–Trinajstić information content (AvgIpc) is 2.54. The number of carbonyl (C=O) groups is 1. The van der Waals surface area contributed by atoms with Gasteiger partial charge in [-0.05, 0) is 62.1 Å². The number of anilines is 2. The molecule has 2 atom stereocenters. The quantitative estimate of drug-likeness (QED) is 0.662. The largest absolute Gasteiger partial charge is 0.327 e. The van der Waals surface area contributed by atoms with Crippen LogP contribution < -0.4 is 15.8 Å². The van der Waals surface area contributed by atoms with Crippen molar-refractivity contribution >= 4 is 39.7 Å². The highest BCUT2D eigenvalue weighted by Crippen LogP contribution is 2.42. The third-order valence-electron chi connectivity index (χ3n) is 5.66. The lowest BCUT2D eigenvalue weighted by atomic mass is 9.65. The Kier molecular flexibility index (Phi) is 7.54. The lowest BCUT2D eigenvalue weighted by molar-refractivity contribution is -0.122. The topological polar surface area (TPSA) is 101 Å². The maximum atomic E-state index is 12.7. The van der Waals surface area contributed by atoms with Gasteiger partial charge in [-0.25, -0.2) is 8.42 Å². The summed E-state index contributed by atoms with van der Waals surface area (Å²) < 4.78 is 26.4. The van der Waals surface area contributed by atoms with E-state index in [0.717, 1.165) is 25.7 Å². The SMILES string of the molecule is CCCS(=O)(=O)Nc1cccc(NC(=O)C2CC3CCCC(C2)C3N)c1.Cl. The van der Waals surface area contributed by atoms with Gasteiger partial charge in [0.2, 0.25) is 15.9 Å². The molecule has 2 saturated carbocycles. The fourth-order valence-electron chi connectivity index (χ4n) is 4.41. The van der Waals surface area contributed by atoms with Gasteiger partial charge in [0.1, 0.15) is 0 Å². The molecule has 3 rings (SSSR count). The number of hydrogen-bond donors (Lipinski definition) is 3. The van der Waals surface area contributed by atoms with E-state index < -0.39 is 10.0 Å². The summed E-state index contributed by atoms with van der Waals surface area (Å²) in [6.45, 7) is 1.82. The summed E-state index contributed by atoms with van der Waals surface area (Å²) in [6.07, 6.45) is 5.72. The Morgan fingerprint density at radius 3 is 2.44 bits per heavy atom. The van der Waals surface area contributed by atoms with Crippen LogP contribution in [0.2, 0.25) is 0 Å². The van der Waals surface area contributed by atoms with Crippen molar-refractivity contribution in [3.8, 4) is 0 Å². The molecule has 6 nitrogen and oxygen atoms in total. The van der Waals surface area contributed by atoms with Crippen LogP contribution in [0.15, 0.2) is 24.3 Å². The molecular formula is C19H30ClN3O3S. The van der Waals surface area contributed by atoms with Gasteiger partial charge in [-0.3, -0.25) is 9.52 Å². The Bertz CT molecular complexity index is 742. The number of sulfonamides is 1. The van der Waals surface area contributed by atoms with Gasteiger partial charge in [-0.15, -0.1) is 12.4 Å². The number of benzene rings is 1. The first-order valence-electron chi connectivity index (χ1n) is 9.55. The van der Waals surface area contributed by atoms with Crippen molar-refractivity contribution in [3.05, 3.63) is 24.3 Å². The molecule has 27 heavy (non-hydrogen) atoms. The molecule has 1 aromatic rings. The summed E-state index contributed by atoms with van der Waals surface area (Å²) in [5.74, 6) is 0.984. The normalized spacial score (nSPS) is 27.3. The van der Waals surface area contributed by atoms with Crippen LogP contribution in [-0.2, 0) is 14.8 Å². The van der Waals surface area contributed by atoms with Crippen molar-refractivity contribution in [1.29, 1.82) is 0 Å². The first-order chi connectivity index (χ1) is 12.4. The first kappa shape index (κ1) is 22.0. The van der Waals surface area contributed by atoms with E-state index in [0.29, 0.717) is 29.6 Å². The molecule has 1 amide bonds. The van der Waals surface area contributed by atoms with Crippen LogP contribution in [0.4, 0.5) is 11.4 Å². The van der Waals surface area contributed by atoms with Gasteiger partial charge in [0.05, 0.1) is 11.4 Å². The van der Waals surface area contributed by atoms with Gasteiger partial charge in [-0.1, -0.05) is 19.4 Å². The molecule has 2 unspecified atom stereocenters. The number of amides is 1. The van der Waals surface area contributed by atoms with Gasteiger partial charge < -0.3 is 11.1 Å². The number of hydrogen-bond acceptors (Lipinski definition) is 4. The highest BCUT2D eigenvalue weighted by atomic mass is 35.5. The van der Waals surface area contributed by atoms with E-state index in [1.165, 1.54) is 6.42 Å². The standard InChI is InChI=1S/C19H29N3O3S.ClH/c1-2-9-26(24,25)22-17-8-4-7-16(12-17)21-19(23)15-10-13-5-3-6-14(11-15)18(13)20;/h4,7-8,12-15,18,22H,2-3,5-6,9-11,20H2,1H3,(H,21,23);1H. The molecular weight excluding hydrogens is 386 g/mol. The fourth-order valence-corrected chi connectivity index (χ4v) is 5.53. The van der Waals surface area contributed by atoms with Crippen LogP contribution in [0.5, 0.6) is 0 Å². The minimum absolute atomic E-state index is 0. The van der Waals surface area contributed by atoms with E-state index in [1.54, 1.807) is 24.3 Å². The van der Waals surface area contributed by atoms with Crippen molar-refractivity contribution in [2.45, 2.75) is 51.5 Å². The minimum Gasteiger partial charge on any atom is -0.327 e. The molecule has 0 radical (unpaired) electrons. The zero-order valence-corrected chi connectivity index (χ0v) is 17.3. The maximum Gasteiger partial charge on any atom is 0.232 e. The highest BCUT2D eigenvalue weighted by molar-refractivity contribution is 7.92. The van der Waals surface area contributed by atoms with E-state index in [-0.39, 0.29) is 36.0 Å². The van der Waals surface area contributed by atoms with Crippen LogP contribution in [0, 0.1) is 17.8 Å². The molecule has 8 heteroatoms. The summed E-state index contributed by atoms with van der Waals surface area (Å²) in [6, 6.07) is 7.12. The zero-order valence-electron chi connectivity index (χ0n) is 15.7. The van der Waals surface area contributed by atoms with Crippen molar-refractivity contribution in [2.24, 2.45) is 23.5 Å². The third-order valence-corrected chi connectivity index (χ3v) is 7.15. The predicted molar refractivity (Wildman–Crippen MR) is 112 cm³/mol. The maximum absolute atomic E-state index is 12.7. The summed E-state index contributed by atoms with van der Waals surface area (Å²) >= 11 is 0. The van der Waals surface area contributed by atoms with Crippen molar-refractivity contribution in [1.82, 2.24) is 0 Å². The number of nitrogens with one attached hydrogen (secondary N) is 2. The summed E-state index contributed by atoms with van der Waals surface area (Å²) in [5.41, 5.74) is 7.39. The molecule has 152 valence electrons. The zero-order chi connectivity index (χ0) is 18.7. The van der Waals surface area contributed by atoms with Crippen LogP contribution >= 0.6 is 12.4 Å². The molecule has 0 aliphatic heterocycles. The lowest BCUT2D eigenvalue weighted by Crippen LogP contribution is -2.48. The second-order valence-corrected chi connectivity index (χ2v) is 9.53. The third kappa shape index (κ3) is 5.59. The average molecular weight is 416 g/mol. The molecule has 0 saturated heterocycles. The Morgan fingerprint density at radius 1 is 1.19 bits per heavy atom. The molecule has 1 aromatic carbocycles. The van der Waals surface area contributed by atoms with Crippen molar-refractivity contribution in [2.75, 3.05) is 15.8 Å². The lowest BCUT2D eigenvalue weighted by Gasteiger charge is -2.43. The van der Waals surface area contributed by atoms with Crippen LogP contribution in [0.3, 0.4) is 0 Å².